The number of rotatable bonds is 4. The van der Waals surface area contributed by atoms with Crippen molar-refractivity contribution in [3.8, 4) is 11.6 Å². The van der Waals surface area contributed by atoms with E-state index in [0.717, 1.165) is 3.57 Å². The molecule has 0 spiro atoms. The number of aromatic nitrogens is 2. The molecule has 104 valence electrons. The van der Waals surface area contributed by atoms with Crippen molar-refractivity contribution in [1.29, 1.82) is 0 Å². The van der Waals surface area contributed by atoms with Crippen LogP contribution >= 0.6 is 22.6 Å². The van der Waals surface area contributed by atoms with E-state index in [0.29, 0.717) is 5.75 Å². The molecule has 0 saturated heterocycles. The van der Waals surface area contributed by atoms with E-state index in [2.05, 4.69) is 37.9 Å². The number of nitrogens with one attached hydrogen (secondary N) is 1. The fourth-order valence-electron chi connectivity index (χ4n) is 1.58. The summed E-state index contributed by atoms with van der Waals surface area (Å²) in [7, 11) is 1.63. The quantitative estimate of drug-likeness (QED) is 0.493. The standard InChI is InChI=1S/C12H11IN4O3/c1-7-10(17(18)19)11(16-12(14-2)15-7)20-9-5-3-4-8(13)6-9/h3-6H,1-2H3,(H,14,15,16). The largest absolute Gasteiger partial charge is 0.434 e. The number of aryl methyl sites for hydroxylation is 1. The minimum absolute atomic E-state index is 0.0751. The van der Waals surface area contributed by atoms with Crippen molar-refractivity contribution in [2.45, 2.75) is 6.92 Å². The summed E-state index contributed by atoms with van der Waals surface area (Å²) in [6.45, 7) is 1.54. The van der Waals surface area contributed by atoms with Crippen molar-refractivity contribution >= 4 is 34.2 Å². The van der Waals surface area contributed by atoms with Crippen molar-refractivity contribution in [1.82, 2.24) is 9.97 Å². The molecule has 0 radical (unpaired) electrons. The first kappa shape index (κ1) is 14.4. The highest BCUT2D eigenvalue weighted by atomic mass is 127. The van der Waals surface area contributed by atoms with Gasteiger partial charge in [0.25, 0.3) is 0 Å². The topological polar surface area (TPSA) is 90.2 Å². The number of ether oxygens (including phenoxy) is 1. The number of hydrogen-bond donors (Lipinski definition) is 1. The Balaban J connectivity index is 2.48. The average molecular weight is 386 g/mol. The highest BCUT2D eigenvalue weighted by Gasteiger charge is 2.24. The average Bonchev–Trinajstić information content (AvgIpc) is 2.37. The van der Waals surface area contributed by atoms with Crippen LogP contribution in [0.3, 0.4) is 0 Å². The second-order valence-corrected chi connectivity index (χ2v) is 5.10. The van der Waals surface area contributed by atoms with E-state index in [1.807, 2.05) is 6.07 Å². The van der Waals surface area contributed by atoms with Gasteiger partial charge in [0.2, 0.25) is 5.95 Å². The van der Waals surface area contributed by atoms with Gasteiger partial charge in [0, 0.05) is 10.6 Å². The zero-order chi connectivity index (χ0) is 14.7. The Labute approximate surface area is 128 Å². The van der Waals surface area contributed by atoms with Gasteiger partial charge in [0.05, 0.1) is 4.92 Å². The first-order chi connectivity index (χ1) is 9.51. The van der Waals surface area contributed by atoms with Crippen LogP contribution in [0.25, 0.3) is 0 Å². The lowest BCUT2D eigenvalue weighted by Crippen LogP contribution is -2.05. The van der Waals surface area contributed by atoms with E-state index >= 15 is 0 Å². The normalized spacial score (nSPS) is 10.2. The van der Waals surface area contributed by atoms with Crippen molar-refractivity contribution < 1.29 is 9.66 Å². The van der Waals surface area contributed by atoms with E-state index < -0.39 is 4.92 Å². The first-order valence-electron chi connectivity index (χ1n) is 5.65. The molecule has 0 unspecified atom stereocenters. The van der Waals surface area contributed by atoms with E-state index in [9.17, 15) is 10.1 Å². The summed E-state index contributed by atoms with van der Waals surface area (Å²) in [5.41, 5.74) is 0.0119. The summed E-state index contributed by atoms with van der Waals surface area (Å²) < 4.78 is 6.50. The van der Waals surface area contributed by atoms with Crippen molar-refractivity contribution in [2.75, 3.05) is 12.4 Å². The fourth-order valence-corrected chi connectivity index (χ4v) is 2.09. The number of benzene rings is 1. The maximum Gasteiger partial charge on any atom is 0.352 e. The van der Waals surface area contributed by atoms with Crippen LogP contribution in [-0.4, -0.2) is 21.9 Å². The molecule has 20 heavy (non-hydrogen) atoms. The molecule has 0 aliphatic heterocycles. The van der Waals surface area contributed by atoms with Crippen LogP contribution in [0.2, 0.25) is 0 Å². The molecule has 0 saturated carbocycles. The monoisotopic (exact) mass is 386 g/mol. The lowest BCUT2D eigenvalue weighted by atomic mass is 10.3. The summed E-state index contributed by atoms with van der Waals surface area (Å²) in [5, 5.41) is 13.9. The van der Waals surface area contributed by atoms with Gasteiger partial charge in [-0.15, -0.1) is 0 Å². The van der Waals surface area contributed by atoms with Crippen molar-refractivity contribution in [2.24, 2.45) is 0 Å². The number of halogens is 1. The lowest BCUT2D eigenvalue weighted by molar-refractivity contribution is -0.386. The Kier molecular flexibility index (Phi) is 4.32. The van der Waals surface area contributed by atoms with Crippen LogP contribution in [0.5, 0.6) is 11.6 Å². The Morgan fingerprint density at radius 1 is 1.40 bits per heavy atom. The highest BCUT2D eigenvalue weighted by molar-refractivity contribution is 14.1. The molecule has 0 amide bonds. The van der Waals surface area contributed by atoms with Crippen LogP contribution < -0.4 is 10.1 Å². The smallest absolute Gasteiger partial charge is 0.352 e. The van der Waals surface area contributed by atoms with E-state index in [1.165, 1.54) is 0 Å². The number of hydrogen-bond acceptors (Lipinski definition) is 6. The summed E-state index contributed by atoms with van der Waals surface area (Å²) in [6.07, 6.45) is 0. The predicted octanol–water partition coefficient (Wildman–Crippen LogP) is 3.13. The van der Waals surface area contributed by atoms with Crippen LogP contribution in [0.1, 0.15) is 5.69 Å². The van der Waals surface area contributed by atoms with Gasteiger partial charge in [-0.05, 0) is 47.7 Å². The third-order valence-corrected chi connectivity index (χ3v) is 3.11. The molecule has 0 aliphatic carbocycles. The molecule has 0 aliphatic rings. The molecular weight excluding hydrogens is 375 g/mol. The molecule has 0 fully saturated rings. The first-order valence-corrected chi connectivity index (χ1v) is 6.73. The van der Waals surface area contributed by atoms with Gasteiger partial charge in [-0.3, -0.25) is 10.1 Å². The molecule has 1 heterocycles. The molecule has 1 aromatic heterocycles. The minimum Gasteiger partial charge on any atom is -0.434 e. The zero-order valence-corrected chi connectivity index (χ0v) is 12.9. The zero-order valence-electron chi connectivity index (χ0n) is 10.8. The SMILES string of the molecule is CNc1nc(C)c([N+](=O)[O-])c(Oc2cccc(I)c2)n1. The summed E-state index contributed by atoms with van der Waals surface area (Å²) in [5.74, 6) is 0.683. The molecular formula is C12H11IN4O3. The van der Waals surface area contributed by atoms with Gasteiger partial charge in [-0.25, -0.2) is 4.98 Å². The summed E-state index contributed by atoms with van der Waals surface area (Å²) in [4.78, 5) is 18.6. The van der Waals surface area contributed by atoms with Gasteiger partial charge in [0.15, 0.2) is 0 Å². The van der Waals surface area contributed by atoms with Gasteiger partial charge < -0.3 is 10.1 Å². The van der Waals surface area contributed by atoms with Crippen molar-refractivity contribution in [3.05, 3.63) is 43.6 Å². The third kappa shape index (κ3) is 3.13. The predicted molar refractivity (Wildman–Crippen MR) is 82.2 cm³/mol. The number of anilines is 1. The van der Waals surface area contributed by atoms with E-state index in [-0.39, 0.29) is 23.2 Å². The second kappa shape index (κ2) is 5.99. The highest BCUT2D eigenvalue weighted by Crippen LogP contribution is 2.32. The Morgan fingerprint density at radius 3 is 2.75 bits per heavy atom. The Hall–Kier alpha value is -1.97. The number of nitrogens with zero attached hydrogens (tertiary/aromatic N) is 3. The van der Waals surface area contributed by atoms with Crippen LogP contribution in [0.15, 0.2) is 24.3 Å². The van der Waals surface area contributed by atoms with E-state index in [4.69, 9.17) is 4.74 Å². The van der Waals surface area contributed by atoms with Crippen LogP contribution in [0, 0.1) is 20.6 Å². The van der Waals surface area contributed by atoms with Crippen LogP contribution in [-0.2, 0) is 0 Å². The third-order valence-electron chi connectivity index (χ3n) is 2.44. The van der Waals surface area contributed by atoms with E-state index in [1.54, 1.807) is 32.2 Å². The van der Waals surface area contributed by atoms with Gasteiger partial charge in [-0.2, -0.15) is 4.98 Å². The second-order valence-electron chi connectivity index (χ2n) is 3.85. The maximum atomic E-state index is 11.1. The molecule has 7 nitrogen and oxygen atoms in total. The number of nitro groups is 1. The maximum absolute atomic E-state index is 11.1. The fraction of sp³-hybridized carbons (Fsp3) is 0.167. The molecule has 0 bridgehead atoms. The molecule has 0 atom stereocenters. The molecule has 2 aromatic rings. The van der Waals surface area contributed by atoms with Gasteiger partial charge in [-0.1, -0.05) is 6.07 Å². The molecule has 1 aromatic carbocycles. The van der Waals surface area contributed by atoms with Gasteiger partial charge in [0.1, 0.15) is 11.4 Å². The molecule has 1 N–H and O–H groups in total. The van der Waals surface area contributed by atoms with Crippen molar-refractivity contribution in [3.63, 3.8) is 0 Å². The molecule has 2 rings (SSSR count). The molecule has 8 heteroatoms. The van der Waals surface area contributed by atoms with Crippen LogP contribution in [0.4, 0.5) is 11.6 Å². The minimum atomic E-state index is -0.544. The Morgan fingerprint density at radius 2 is 2.15 bits per heavy atom. The van der Waals surface area contributed by atoms with Gasteiger partial charge >= 0.3 is 11.6 Å². The Bertz CT molecular complexity index is 663. The summed E-state index contributed by atoms with van der Waals surface area (Å²) in [6, 6.07) is 7.17. The summed E-state index contributed by atoms with van der Waals surface area (Å²) >= 11 is 2.13. The lowest BCUT2D eigenvalue weighted by Gasteiger charge is -2.08.